The molecule has 0 bridgehead atoms. The molecule has 0 saturated carbocycles. The van der Waals surface area contributed by atoms with Gasteiger partial charge in [-0.05, 0) is 35.9 Å². The average molecular weight is 317 g/mol. The molecule has 2 aromatic carbocycles. The van der Waals surface area contributed by atoms with Gasteiger partial charge in [0.1, 0.15) is 5.75 Å². The molecule has 1 heterocycles. The first-order valence-corrected chi connectivity index (χ1v) is 7.09. The van der Waals surface area contributed by atoms with Crippen LogP contribution in [-0.2, 0) is 11.3 Å². The molecule has 5 nitrogen and oxygen atoms in total. The number of carbonyl (C=O) groups is 2. The molecule has 0 atom stereocenters. The molecule has 2 aromatic rings. The maximum Gasteiger partial charge on any atom is 0.262 e. The number of carbonyl (C=O) groups excluding carboxylic acids is 2. The van der Waals surface area contributed by atoms with Gasteiger partial charge in [-0.15, -0.1) is 0 Å². The second-order valence-electron chi connectivity index (χ2n) is 4.86. The van der Waals surface area contributed by atoms with Crippen molar-refractivity contribution in [3.63, 3.8) is 0 Å². The van der Waals surface area contributed by atoms with Gasteiger partial charge in [-0.2, -0.15) is 0 Å². The summed E-state index contributed by atoms with van der Waals surface area (Å²) in [5.74, 6) is 0.234. The highest BCUT2D eigenvalue weighted by molar-refractivity contribution is 6.30. The zero-order valence-electron chi connectivity index (χ0n) is 11.6. The number of anilines is 1. The lowest BCUT2D eigenvalue weighted by Gasteiger charge is -2.18. The van der Waals surface area contributed by atoms with E-state index in [4.69, 9.17) is 16.3 Å². The highest BCUT2D eigenvalue weighted by Crippen LogP contribution is 2.28. The molecule has 3 rings (SSSR count). The second kappa shape index (κ2) is 6.07. The number of benzene rings is 2. The Morgan fingerprint density at radius 2 is 2.14 bits per heavy atom. The van der Waals surface area contributed by atoms with Gasteiger partial charge in [0.2, 0.25) is 0 Å². The fourth-order valence-electron chi connectivity index (χ4n) is 2.15. The highest BCUT2D eigenvalue weighted by atomic mass is 35.5. The largest absolute Gasteiger partial charge is 0.482 e. The zero-order valence-corrected chi connectivity index (χ0v) is 12.3. The summed E-state index contributed by atoms with van der Waals surface area (Å²) in [5, 5.41) is 6.06. The van der Waals surface area contributed by atoms with Crippen molar-refractivity contribution in [3.05, 3.63) is 58.6 Å². The zero-order chi connectivity index (χ0) is 15.5. The van der Waals surface area contributed by atoms with Crippen LogP contribution in [-0.4, -0.2) is 18.4 Å². The van der Waals surface area contributed by atoms with Crippen LogP contribution in [0.15, 0.2) is 42.5 Å². The molecule has 0 spiro atoms. The number of halogens is 1. The Balaban J connectivity index is 1.68. The van der Waals surface area contributed by atoms with Crippen LogP contribution in [0, 0.1) is 0 Å². The summed E-state index contributed by atoms with van der Waals surface area (Å²) in [7, 11) is 0. The van der Waals surface area contributed by atoms with Crippen LogP contribution in [0.1, 0.15) is 15.9 Å². The number of rotatable bonds is 3. The van der Waals surface area contributed by atoms with Gasteiger partial charge in [-0.3, -0.25) is 9.59 Å². The van der Waals surface area contributed by atoms with Gasteiger partial charge in [0.15, 0.2) is 6.61 Å². The molecule has 112 valence electrons. The Kier molecular flexibility index (Phi) is 3.98. The van der Waals surface area contributed by atoms with E-state index in [1.165, 1.54) is 0 Å². The Labute approximate surface area is 132 Å². The second-order valence-corrected chi connectivity index (χ2v) is 5.30. The van der Waals surface area contributed by atoms with Gasteiger partial charge in [0.25, 0.3) is 11.8 Å². The number of hydrogen-bond acceptors (Lipinski definition) is 3. The third-order valence-electron chi connectivity index (χ3n) is 3.22. The van der Waals surface area contributed by atoms with Crippen LogP contribution < -0.4 is 15.4 Å². The number of amides is 2. The number of nitrogens with one attached hydrogen (secondary N) is 2. The number of ether oxygens (including phenoxy) is 1. The normalized spacial score (nSPS) is 12.9. The molecular formula is C16H13ClN2O3. The smallest absolute Gasteiger partial charge is 0.262 e. The van der Waals surface area contributed by atoms with Gasteiger partial charge < -0.3 is 15.4 Å². The van der Waals surface area contributed by atoms with Gasteiger partial charge in [-0.25, -0.2) is 0 Å². The van der Waals surface area contributed by atoms with E-state index >= 15 is 0 Å². The summed E-state index contributed by atoms with van der Waals surface area (Å²) >= 11 is 5.87. The minimum Gasteiger partial charge on any atom is -0.482 e. The van der Waals surface area contributed by atoms with E-state index in [-0.39, 0.29) is 18.4 Å². The molecule has 0 aliphatic carbocycles. The lowest BCUT2D eigenvalue weighted by molar-refractivity contribution is -0.118. The quantitative estimate of drug-likeness (QED) is 0.914. The first-order valence-electron chi connectivity index (χ1n) is 6.71. The lowest BCUT2D eigenvalue weighted by atomic mass is 10.1. The fourth-order valence-corrected chi connectivity index (χ4v) is 2.34. The van der Waals surface area contributed by atoms with Crippen LogP contribution in [0.4, 0.5) is 5.69 Å². The minimum atomic E-state index is -0.208. The van der Waals surface area contributed by atoms with Gasteiger partial charge >= 0.3 is 0 Å². The highest BCUT2D eigenvalue weighted by Gasteiger charge is 2.16. The predicted octanol–water partition coefficient (Wildman–Crippen LogP) is 2.60. The van der Waals surface area contributed by atoms with Crippen molar-refractivity contribution in [2.75, 3.05) is 11.9 Å². The first-order chi connectivity index (χ1) is 10.6. The Morgan fingerprint density at radius 3 is 2.95 bits per heavy atom. The van der Waals surface area contributed by atoms with E-state index in [0.717, 1.165) is 5.56 Å². The molecule has 2 amide bonds. The average Bonchev–Trinajstić information content (AvgIpc) is 2.52. The van der Waals surface area contributed by atoms with Crippen molar-refractivity contribution in [1.82, 2.24) is 5.32 Å². The van der Waals surface area contributed by atoms with E-state index in [1.54, 1.807) is 36.4 Å². The number of hydrogen-bond donors (Lipinski definition) is 2. The summed E-state index contributed by atoms with van der Waals surface area (Å²) in [6, 6.07) is 12.1. The molecular weight excluding hydrogens is 304 g/mol. The van der Waals surface area contributed by atoms with Crippen molar-refractivity contribution in [3.8, 4) is 5.75 Å². The molecule has 0 saturated heterocycles. The van der Waals surface area contributed by atoms with Crippen molar-refractivity contribution >= 4 is 29.1 Å². The maximum absolute atomic E-state index is 12.0. The standard InChI is InChI=1S/C16H13ClN2O3/c17-12-3-1-2-11(7-12)16(21)18-8-10-4-5-14-13(6-10)19-15(20)9-22-14/h1-7H,8-9H2,(H,18,21)(H,19,20). The third kappa shape index (κ3) is 3.20. The maximum atomic E-state index is 12.0. The van der Waals surface area contributed by atoms with Gasteiger partial charge in [-0.1, -0.05) is 23.7 Å². The van der Waals surface area contributed by atoms with Crippen LogP contribution in [0.3, 0.4) is 0 Å². The molecule has 22 heavy (non-hydrogen) atoms. The molecule has 1 aliphatic heterocycles. The Hall–Kier alpha value is -2.53. The van der Waals surface area contributed by atoms with Gasteiger partial charge in [0, 0.05) is 17.1 Å². The van der Waals surface area contributed by atoms with E-state index in [0.29, 0.717) is 28.6 Å². The lowest BCUT2D eigenvalue weighted by Crippen LogP contribution is -2.26. The van der Waals surface area contributed by atoms with Crippen molar-refractivity contribution < 1.29 is 14.3 Å². The summed E-state index contributed by atoms with van der Waals surface area (Å²) in [5.41, 5.74) is 1.98. The minimum absolute atomic E-state index is 0.0256. The van der Waals surface area contributed by atoms with E-state index in [9.17, 15) is 9.59 Å². The van der Waals surface area contributed by atoms with Crippen LogP contribution in [0.5, 0.6) is 5.75 Å². The third-order valence-corrected chi connectivity index (χ3v) is 3.45. The number of fused-ring (bicyclic) bond motifs is 1. The van der Waals surface area contributed by atoms with E-state index in [1.807, 2.05) is 6.07 Å². The molecule has 6 heteroatoms. The van der Waals surface area contributed by atoms with Crippen molar-refractivity contribution in [1.29, 1.82) is 0 Å². The topological polar surface area (TPSA) is 67.4 Å². The van der Waals surface area contributed by atoms with Crippen LogP contribution in [0.2, 0.25) is 5.02 Å². The summed E-state index contributed by atoms with van der Waals surface area (Å²) in [6.45, 7) is 0.367. The van der Waals surface area contributed by atoms with E-state index < -0.39 is 0 Å². The van der Waals surface area contributed by atoms with Crippen molar-refractivity contribution in [2.45, 2.75) is 6.54 Å². The van der Waals surface area contributed by atoms with Crippen LogP contribution in [0.25, 0.3) is 0 Å². The molecule has 0 radical (unpaired) electrons. The van der Waals surface area contributed by atoms with Crippen LogP contribution >= 0.6 is 11.6 Å². The first kappa shape index (κ1) is 14.4. The predicted molar refractivity (Wildman–Crippen MR) is 83.2 cm³/mol. The SMILES string of the molecule is O=C1COc2ccc(CNC(=O)c3cccc(Cl)c3)cc2N1. The monoisotopic (exact) mass is 316 g/mol. The molecule has 0 aromatic heterocycles. The molecule has 2 N–H and O–H groups in total. The van der Waals surface area contributed by atoms with Gasteiger partial charge in [0.05, 0.1) is 5.69 Å². The summed E-state index contributed by atoms with van der Waals surface area (Å²) in [4.78, 5) is 23.3. The van der Waals surface area contributed by atoms with Crippen molar-refractivity contribution in [2.24, 2.45) is 0 Å². The summed E-state index contributed by atoms with van der Waals surface area (Å²) < 4.78 is 5.28. The molecule has 1 aliphatic rings. The molecule has 0 unspecified atom stereocenters. The Bertz CT molecular complexity index is 746. The Morgan fingerprint density at radius 1 is 1.27 bits per heavy atom. The summed E-state index contributed by atoms with van der Waals surface area (Å²) in [6.07, 6.45) is 0. The molecule has 0 fully saturated rings. The fraction of sp³-hybridized carbons (Fsp3) is 0.125. The van der Waals surface area contributed by atoms with E-state index in [2.05, 4.69) is 10.6 Å².